The van der Waals surface area contributed by atoms with Crippen LogP contribution < -0.4 is 4.74 Å². The smallest absolute Gasteiger partial charge is 0.304 e. The summed E-state index contributed by atoms with van der Waals surface area (Å²) in [5, 5.41) is 9.55. The lowest BCUT2D eigenvalue weighted by molar-refractivity contribution is -0.138. The number of hydrogen-bond donors (Lipinski definition) is 1. The van der Waals surface area contributed by atoms with E-state index in [1.54, 1.807) is 7.11 Å². The number of aliphatic carboxylic acids is 1. The van der Waals surface area contributed by atoms with Gasteiger partial charge in [0.15, 0.2) is 0 Å². The molecule has 100 valence electrons. The van der Waals surface area contributed by atoms with Crippen molar-refractivity contribution in [1.29, 1.82) is 0 Å². The van der Waals surface area contributed by atoms with Crippen molar-refractivity contribution in [2.75, 3.05) is 7.11 Å². The molecule has 0 heterocycles. The van der Waals surface area contributed by atoms with Gasteiger partial charge in [0.2, 0.25) is 0 Å². The van der Waals surface area contributed by atoms with E-state index in [-0.39, 0.29) is 6.42 Å². The molecule has 0 fully saturated rings. The van der Waals surface area contributed by atoms with Gasteiger partial charge in [0, 0.05) is 11.0 Å². The monoisotopic (exact) mass is 270 g/mol. The fraction of sp³-hybridized carbons (Fsp3) is 0.500. The molecule has 0 aliphatic rings. The molecule has 0 spiro atoms. The van der Waals surface area contributed by atoms with Crippen LogP contribution in [0.1, 0.15) is 37.0 Å². The topological polar surface area (TPSA) is 46.5 Å². The van der Waals surface area contributed by atoms with Crippen molar-refractivity contribution >= 4 is 17.6 Å². The average molecular weight is 271 g/mol. The highest BCUT2D eigenvalue weighted by molar-refractivity contribution is 6.33. The van der Waals surface area contributed by atoms with Crippen LogP contribution in [0.4, 0.5) is 0 Å². The first-order valence-electron chi connectivity index (χ1n) is 5.76. The lowest BCUT2D eigenvalue weighted by atomic mass is 9.80. The highest BCUT2D eigenvalue weighted by Gasteiger charge is 2.29. The zero-order valence-corrected chi connectivity index (χ0v) is 12.2. The van der Waals surface area contributed by atoms with Gasteiger partial charge in [0.1, 0.15) is 5.75 Å². The minimum atomic E-state index is -0.837. The largest absolute Gasteiger partial charge is 0.495 e. The molecule has 0 aliphatic carbocycles. The zero-order chi connectivity index (χ0) is 14.1. The SMILES string of the molecule is COc1c(C(C)(C)CC(=O)O)cc(C)c(C)c1Cl. The third kappa shape index (κ3) is 2.78. The Balaban J connectivity index is 3.44. The number of aryl methyl sites for hydroxylation is 1. The van der Waals surface area contributed by atoms with E-state index in [9.17, 15) is 4.79 Å². The van der Waals surface area contributed by atoms with Crippen LogP contribution in [0.3, 0.4) is 0 Å². The number of rotatable bonds is 4. The number of benzene rings is 1. The predicted molar refractivity (Wildman–Crippen MR) is 72.8 cm³/mol. The van der Waals surface area contributed by atoms with E-state index in [0.29, 0.717) is 10.8 Å². The first kappa shape index (κ1) is 14.8. The Morgan fingerprint density at radius 1 is 1.44 bits per heavy atom. The maximum absolute atomic E-state index is 11.0. The normalized spacial score (nSPS) is 11.4. The Labute approximate surface area is 113 Å². The second-order valence-electron chi connectivity index (χ2n) is 5.17. The molecule has 4 heteroatoms. The number of carboxylic acid groups (broad SMARTS) is 1. The zero-order valence-electron chi connectivity index (χ0n) is 11.4. The van der Waals surface area contributed by atoms with Gasteiger partial charge in [-0.1, -0.05) is 31.5 Å². The van der Waals surface area contributed by atoms with Crippen molar-refractivity contribution in [1.82, 2.24) is 0 Å². The van der Waals surface area contributed by atoms with E-state index < -0.39 is 11.4 Å². The van der Waals surface area contributed by atoms with Crippen LogP contribution in [0.2, 0.25) is 5.02 Å². The number of carbonyl (C=O) groups is 1. The van der Waals surface area contributed by atoms with Gasteiger partial charge in [0.05, 0.1) is 18.6 Å². The summed E-state index contributed by atoms with van der Waals surface area (Å²) in [6.07, 6.45) is 0.0300. The van der Waals surface area contributed by atoms with Gasteiger partial charge >= 0.3 is 5.97 Å². The Morgan fingerprint density at radius 3 is 2.44 bits per heavy atom. The first-order valence-corrected chi connectivity index (χ1v) is 6.14. The number of carboxylic acids is 1. The Hall–Kier alpha value is -1.22. The summed E-state index contributed by atoms with van der Waals surface area (Å²) in [4.78, 5) is 11.0. The molecule has 1 aromatic rings. The van der Waals surface area contributed by atoms with Crippen LogP contribution >= 0.6 is 11.6 Å². The van der Waals surface area contributed by atoms with Gasteiger partial charge in [-0.05, 0) is 25.0 Å². The van der Waals surface area contributed by atoms with Crippen LogP contribution in [-0.2, 0) is 10.2 Å². The second kappa shape index (κ2) is 5.19. The Morgan fingerprint density at radius 2 is 2.00 bits per heavy atom. The van der Waals surface area contributed by atoms with Gasteiger partial charge in [-0.25, -0.2) is 0 Å². The van der Waals surface area contributed by atoms with E-state index in [1.807, 2.05) is 33.8 Å². The summed E-state index contributed by atoms with van der Waals surface area (Å²) < 4.78 is 5.35. The second-order valence-corrected chi connectivity index (χ2v) is 5.55. The van der Waals surface area contributed by atoms with Gasteiger partial charge in [0.25, 0.3) is 0 Å². The third-order valence-electron chi connectivity index (χ3n) is 3.25. The van der Waals surface area contributed by atoms with E-state index >= 15 is 0 Å². The molecule has 0 saturated heterocycles. The predicted octanol–water partition coefficient (Wildman–Crippen LogP) is 3.72. The minimum Gasteiger partial charge on any atom is -0.495 e. The molecular formula is C14H19ClO3. The molecule has 0 saturated carbocycles. The molecule has 3 nitrogen and oxygen atoms in total. The first-order chi connectivity index (χ1) is 8.20. The molecule has 0 bridgehead atoms. The van der Waals surface area contributed by atoms with E-state index in [2.05, 4.69) is 0 Å². The molecule has 18 heavy (non-hydrogen) atoms. The summed E-state index contributed by atoms with van der Waals surface area (Å²) in [5.74, 6) is -0.262. The summed E-state index contributed by atoms with van der Waals surface area (Å²) in [6.45, 7) is 7.64. The van der Waals surface area contributed by atoms with Crippen LogP contribution in [-0.4, -0.2) is 18.2 Å². The van der Waals surface area contributed by atoms with Crippen molar-refractivity contribution in [3.8, 4) is 5.75 Å². The van der Waals surface area contributed by atoms with Gasteiger partial charge in [-0.15, -0.1) is 0 Å². The van der Waals surface area contributed by atoms with Gasteiger partial charge in [-0.2, -0.15) is 0 Å². The third-order valence-corrected chi connectivity index (χ3v) is 3.71. The minimum absolute atomic E-state index is 0.0300. The van der Waals surface area contributed by atoms with Crippen molar-refractivity contribution in [3.05, 3.63) is 27.8 Å². The van der Waals surface area contributed by atoms with Crippen LogP contribution in [0, 0.1) is 13.8 Å². The molecule has 1 rings (SSSR count). The van der Waals surface area contributed by atoms with Crippen molar-refractivity contribution in [2.45, 2.75) is 39.5 Å². The van der Waals surface area contributed by atoms with Gasteiger partial charge < -0.3 is 9.84 Å². The molecule has 0 aromatic heterocycles. The molecule has 1 N–H and O–H groups in total. The van der Waals surface area contributed by atoms with Crippen LogP contribution in [0.25, 0.3) is 0 Å². The van der Waals surface area contributed by atoms with E-state index in [0.717, 1.165) is 16.7 Å². The number of methoxy groups -OCH3 is 1. The van der Waals surface area contributed by atoms with Crippen molar-refractivity contribution < 1.29 is 14.6 Å². The lowest BCUT2D eigenvalue weighted by Gasteiger charge is -2.27. The highest BCUT2D eigenvalue weighted by atomic mass is 35.5. The molecule has 0 amide bonds. The van der Waals surface area contributed by atoms with E-state index in [1.165, 1.54) is 0 Å². The van der Waals surface area contributed by atoms with Crippen LogP contribution in [0.5, 0.6) is 5.75 Å². The quantitative estimate of drug-likeness (QED) is 0.907. The molecule has 0 atom stereocenters. The Bertz CT molecular complexity index is 478. The highest BCUT2D eigenvalue weighted by Crippen LogP contribution is 2.41. The Kier molecular flexibility index (Phi) is 4.28. The van der Waals surface area contributed by atoms with Crippen LogP contribution in [0.15, 0.2) is 6.07 Å². The molecule has 0 unspecified atom stereocenters. The van der Waals surface area contributed by atoms with Crippen molar-refractivity contribution in [2.24, 2.45) is 0 Å². The molecule has 0 radical (unpaired) electrons. The molecular weight excluding hydrogens is 252 g/mol. The number of ether oxygens (including phenoxy) is 1. The number of hydrogen-bond acceptors (Lipinski definition) is 2. The lowest BCUT2D eigenvalue weighted by Crippen LogP contribution is -2.23. The fourth-order valence-corrected chi connectivity index (χ4v) is 2.36. The molecule has 1 aromatic carbocycles. The average Bonchev–Trinajstić information content (AvgIpc) is 2.23. The fourth-order valence-electron chi connectivity index (χ4n) is 2.03. The standard InChI is InChI=1S/C14H19ClO3/c1-8-6-10(14(3,4)7-11(16)17)13(18-5)12(15)9(8)2/h6H,7H2,1-5H3,(H,16,17). The van der Waals surface area contributed by atoms with Crippen molar-refractivity contribution in [3.63, 3.8) is 0 Å². The van der Waals surface area contributed by atoms with Gasteiger partial charge in [-0.3, -0.25) is 4.79 Å². The summed E-state index contributed by atoms with van der Waals surface area (Å²) in [7, 11) is 1.55. The maximum atomic E-state index is 11.0. The maximum Gasteiger partial charge on any atom is 0.304 e. The summed E-state index contributed by atoms with van der Waals surface area (Å²) in [6, 6.07) is 1.96. The number of halogens is 1. The van der Waals surface area contributed by atoms with E-state index in [4.69, 9.17) is 21.4 Å². The molecule has 0 aliphatic heterocycles. The summed E-state index contributed by atoms with van der Waals surface area (Å²) in [5.41, 5.74) is 2.30. The summed E-state index contributed by atoms with van der Waals surface area (Å²) >= 11 is 6.27.